The monoisotopic (exact) mass is 447 g/mol. The van der Waals surface area contributed by atoms with E-state index in [1.54, 1.807) is 4.90 Å². The number of aromatic nitrogens is 2. The molecule has 5 nitrogen and oxygen atoms in total. The van der Waals surface area contributed by atoms with Crippen molar-refractivity contribution in [1.82, 2.24) is 14.9 Å². The first-order valence-corrected chi connectivity index (χ1v) is 10.7. The van der Waals surface area contributed by atoms with E-state index in [9.17, 15) is 18.0 Å². The molecule has 3 heterocycles. The number of hydrogen-bond donors (Lipinski definition) is 0. The average Bonchev–Trinajstić information content (AvgIpc) is 3.23. The zero-order valence-electron chi connectivity index (χ0n) is 16.5. The first kappa shape index (κ1) is 21.3. The van der Waals surface area contributed by atoms with Crippen LogP contribution in [0.15, 0.2) is 53.9 Å². The summed E-state index contributed by atoms with van der Waals surface area (Å²) in [5.74, 6) is -0.0592. The first-order chi connectivity index (χ1) is 14.9. The first-order valence-electron chi connectivity index (χ1n) is 9.87. The van der Waals surface area contributed by atoms with Gasteiger partial charge in [0.1, 0.15) is 16.8 Å². The number of nitrogens with zero attached hydrogens (tertiary/aromatic N) is 3. The lowest BCUT2D eigenvalue weighted by molar-refractivity contribution is -0.141. The average molecular weight is 447 g/mol. The predicted molar refractivity (Wildman–Crippen MR) is 111 cm³/mol. The van der Waals surface area contributed by atoms with Crippen LogP contribution in [0.3, 0.4) is 0 Å². The van der Waals surface area contributed by atoms with Gasteiger partial charge in [-0.1, -0.05) is 36.4 Å². The van der Waals surface area contributed by atoms with Crippen molar-refractivity contribution in [1.29, 1.82) is 0 Å². The molecule has 1 fully saturated rings. The molecule has 1 aromatic carbocycles. The van der Waals surface area contributed by atoms with E-state index in [2.05, 4.69) is 9.97 Å². The summed E-state index contributed by atoms with van der Waals surface area (Å²) in [6, 6.07) is 13.4. The number of alkyl halides is 3. The van der Waals surface area contributed by atoms with Crippen molar-refractivity contribution in [3.63, 3.8) is 0 Å². The Labute approximate surface area is 181 Å². The number of carbonyl (C=O) groups is 1. The number of amides is 1. The van der Waals surface area contributed by atoms with Gasteiger partial charge in [0.05, 0.1) is 12.1 Å². The molecule has 0 bridgehead atoms. The van der Waals surface area contributed by atoms with E-state index >= 15 is 0 Å². The summed E-state index contributed by atoms with van der Waals surface area (Å²) in [5.41, 5.74) is 0.781. The molecule has 1 saturated heterocycles. The van der Waals surface area contributed by atoms with Crippen molar-refractivity contribution >= 4 is 17.2 Å². The Hall–Kier alpha value is -2.94. The number of rotatable bonds is 5. The Bertz CT molecular complexity index is 1030. The minimum Gasteiger partial charge on any atom is -0.474 e. The van der Waals surface area contributed by atoms with Crippen LogP contribution in [0, 0.1) is 0 Å². The fourth-order valence-corrected chi connectivity index (χ4v) is 4.23. The molecule has 162 valence electrons. The van der Waals surface area contributed by atoms with E-state index in [4.69, 9.17) is 4.74 Å². The number of likely N-dealkylation sites (tertiary alicyclic amines) is 1. The predicted octanol–water partition coefficient (Wildman–Crippen LogP) is 4.84. The molecule has 4 rings (SSSR count). The molecule has 0 saturated carbocycles. The van der Waals surface area contributed by atoms with E-state index in [1.807, 2.05) is 35.7 Å². The summed E-state index contributed by atoms with van der Waals surface area (Å²) in [6.45, 7) is 0.969. The minimum absolute atomic E-state index is 0.0134. The second-order valence-corrected chi connectivity index (χ2v) is 8.10. The molecule has 1 aliphatic heterocycles. The fourth-order valence-electron chi connectivity index (χ4n) is 3.40. The van der Waals surface area contributed by atoms with Crippen LogP contribution in [0.5, 0.6) is 5.88 Å². The maximum absolute atomic E-state index is 12.8. The summed E-state index contributed by atoms with van der Waals surface area (Å²) < 4.78 is 44.0. The zero-order valence-corrected chi connectivity index (χ0v) is 17.3. The highest BCUT2D eigenvalue weighted by Crippen LogP contribution is 2.29. The Morgan fingerprint density at radius 2 is 1.81 bits per heavy atom. The van der Waals surface area contributed by atoms with Crippen molar-refractivity contribution in [2.45, 2.75) is 31.5 Å². The van der Waals surface area contributed by atoms with Gasteiger partial charge < -0.3 is 9.64 Å². The molecule has 0 radical (unpaired) electrons. The lowest BCUT2D eigenvalue weighted by Gasteiger charge is -2.32. The van der Waals surface area contributed by atoms with Gasteiger partial charge in [-0.25, -0.2) is 9.97 Å². The second-order valence-electron chi connectivity index (χ2n) is 7.24. The molecule has 31 heavy (non-hydrogen) atoms. The third-order valence-corrected chi connectivity index (χ3v) is 5.94. The molecule has 1 aliphatic rings. The molecule has 1 amide bonds. The number of benzene rings is 1. The molecule has 0 N–H and O–H groups in total. The van der Waals surface area contributed by atoms with Crippen LogP contribution in [-0.2, 0) is 17.4 Å². The maximum Gasteiger partial charge on any atom is 0.433 e. The Kier molecular flexibility index (Phi) is 6.22. The van der Waals surface area contributed by atoms with Crippen LogP contribution >= 0.6 is 11.3 Å². The molecule has 0 atom stereocenters. The largest absolute Gasteiger partial charge is 0.474 e. The van der Waals surface area contributed by atoms with Gasteiger partial charge in [0.15, 0.2) is 0 Å². The number of carbonyl (C=O) groups excluding carboxylic acids is 1. The lowest BCUT2D eigenvalue weighted by Crippen LogP contribution is -2.42. The van der Waals surface area contributed by atoms with Crippen LogP contribution in [0.2, 0.25) is 0 Å². The van der Waals surface area contributed by atoms with Crippen LogP contribution in [0.4, 0.5) is 13.2 Å². The van der Waals surface area contributed by atoms with Gasteiger partial charge in [-0.05, 0) is 6.07 Å². The van der Waals surface area contributed by atoms with Crippen LogP contribution < -0.4 is 4.74 Å². The number of thiazole rings is 1. The van der Waals surface area contributed by atoms with Gasteiger partial charge in [0.25, 0.3) is 0 Å². The van der Waals surface area contributed by atoms with Crippen molar-refractivity contribution in [2.75, 3.05) is 13.1 Å². The topological polar surface area (TPSA) is 55.3 Å². The number of ether oxygens (including phenoxy) is 1. The van der Waals surface area contributed by atoms with E-state index in [1.165, 1.54) is 23.5 Å². The van der Waals surface area contributed by atoms with E-state index in [-0.39, 0.29) is 24.3 Å². The number of pyridine rings is 1. The van der Waals surface area contributed by atoms with Crippen molar-refractivity contribution in [3.8, 4) is 16.5 Å². The molecule has 0 aliphatic carbocycles. The molecule has 0 unspecified atom stereocenters. The molecule has 2 aromatic heterocycles. The zero-order chi connectivity index (χ0) is 21.8. The summed E-state index contributed by atoms with van der Waals surface area (Å²) >= 11 is 1.51. The normalized spacial score (nSPS) is 15.1. The SMILES string of the molecule is O=C(Cc1csc(-c2ccccc2)n1)N1CCC(Oc2cccc(C(F)(F)F)n2)CC1. The Balaban J connectivity index is 1.29. The Morgan fingerprint density at radius 3 is 2.52 bits per heavy atom. The summed E-state index contributed by atoms with van der Waals surface area (Å²) in [5, 5.41) is 2.78. The van der Waals surface area contributed by atoms with E-state index < -0.39 is 11.9 Å². The quantitative estimate of drug-likeness (QED) is 0.562. The molecule has 3 aromatic rings. The third-order valence-electron chi connectivity index (χ3n) is 5.00. The fraction of sp³-hybridized carbons (Fsp3) is 0.318. The molecular formula is C22H20F3N3O2S. The van der Waals surface area contributed by atoms with Gasteiger partial charge in [-0.3, -0.25) is 4.79 Å². The number of halogens is 3. The highest BCUT2D eigenvalue weighted by molar-refractivity contribution is 7.13. The number of piperidine rings is 1. The van der Waals surface area contributed by atoms with Crippen molar-refractivity contribution < 1.29 is 22.7 Å². The van der Waals surface area contributed by atoms with Gasteiger partial charge >= 0.3 is 6.18 Å². The highest BCUT2D eigenvalue weighted by Gasteiger charge is 2.33. The third kappa shape index (κ3) is 5.41. The summed E-state index contributed by atoms with van der Waals surface area (Å²) in [6.07, 6.45) is -3.48. The Morgan fingerprint density at radius 1 is 1.06 bits per heavy atom. The molecule has 9 heteroatoms. The van der Waals surface area contributed by atoms with Crippen molar-refractivity contribution in [3.05, 3.63) is 65.3 Å². The second kappa shape index (κ2) is 9.05. The lowest BCUT2D eigenvalue weighted by atomic mass is 10.1. The van der Waals surface area contributed by atoms with Crippen LogP contribution in [0.1, 0.15) is 24.2 Å². The smallest absolute Gasteiger partial charge is 0.433 e. The maximum atomic E-state index is 12.8. The summed E-state index contributed by atoms with van der Waals surface area (Å²) in [4.78, 5) is 22.5. The number of hydrogen-bond acceptors (Lipinski definition) is 5. The van der Waals surface area contributed by atoms with Gasteiger partial charge in [0.2, 0.25) is 11.8 Å². The van der Waals surface area contributed by atoms with Gasteiger partial charge in [-0.2, -0.15) is 13.2 Å². The van der Waals surface area contributed by atoms with E-state index in [0.29, 0.717) is 25.9 Å². The summed E-state index contributed by atoms with van der Waals surface area (Å²) in [7, 11) is 0. The van der Waals surface area contributed by atoms with Crippen LogP contribution in [0.25, 0.3) is 10.6 Å². The molecule has 0 spiro atoms. The van der Waals surface area contributed by atoms with E-state index in [0.717, 1.165) is 22.3 Å². The highest BCUT2D eigenvalue weighted by atomic mass is 32.1. The van der Waals surface area contributed by atoms with Crippen molar-refractivity contribution in [2.24, 2.45) is 0 Å². The molecular weight excluding hydrogens is 427 g/mol. The standard InChI is InChI=1S/C22H20F3N3O2S/c23-22(24,25)18-7-4-8-19(27-18)30-17-9-11-28(12-10-17)20(29)13-16-14-31-21(26-16)15-5-2-1-3-6-15/h1-8,14,17H,9-13H2. The van der Waals surface area contributed by atoms with Gasteiger partial charge in [0, 0.05) is 42.9 Å². The van der Waals surface area contributed by atoms with Crippen LogP contribution in [-0.4, -0.2) is 40.0 Å². The minimum atomic E-state index is -4.51. The van der Waals surface area contributed by atoms with Gasteiger partial charge in [-0.15, -0.1) is 11.3 Å².